The lowest BCUT2D eigenvalue weighted by atomic mass is 10.1. The molecule has 1 aromatic carbocycles. The number of carbonyl (C=O) groups excluding carboxylic acids is 2. The molecule has 2 amide bonds. The van der Waals surface area contributed by atoms with Gasteiger partial charge in [-0.1, -0.05) is 18.2 Å². The van der Waals surface area contributed by atoms with E-state index >= 15 is 0 Å². The van der Waals surface area contributed by atoms with Crippen LogP contribution >= 0.6 is 11.3 Å². The highest BCUT2D eigenvalue weighted by molar-refractivity contribution is 7.12. The molecule has 0 unspecified atom stereocenters. The molecule has 0 spiro atoms. The minimum atomic E-state index is -0.328. The van der Waals surface area contributed by atoms with E-state index in [0.717, 1.165) is 0 Å². The number of nitrogens with one attached hydrogen (secondary N) is 2. The van der Waals surface area contributed by atoms with Crippen LogP contribution in [0.5, 0.6) is 0 Å². The van der Waals surface area contributed by atoms with Gasteiger partial charge in [-0.25, -0.2) is 0 Å². The van der Waals surface area contributed by atoms with E-state index in [1.165, 1.54) is 11.3 Å². The monoisotopic (exact) mass is 326 g/mol. The van der Waals surface area contributed by atoms with Crippen molar-refractivity contribution >= 4 is 34.7 Å². The Morgan fingerprint density at radius 3 is 2.57 bits per heavy atom. The third-order valence-corrected chi connectivity index (χ3v) is 3.99. The molecular formula is C16H14N4O2S. The fourth-order valence-electron chi connectivity index (χ4n) is 2.05. The van der Waals surface area contributed by atoms with E-state index in [0.29, 0.717) is 21.9 Å². The Bertz CT molecular complexity index is 839. The number of benzene rings is 1. The van der Waals surface area contributed by atoms with Crippen LogP contribution in [0.2, 0.25) is 0 Å². The second-order valence-electron chi connectivity index (χ2n) is 4.81. The number of hydrogen-bond acceptors (Lipinski definition) is 4. The summed E-state index contributed by atoms with van der Waals surface area (Å²) in [5, 5.41) is 11.4. The van der Waals surface area contributed by atoms with E-state index in [4.69, 9.17) is 0 Å². The zero-order valence-electron chi connectivity index (χ0n) is 12.3. The molecule has 0 fully saturated rings. The topological polar surface area (TPSA) is 76.0 Å². The third-order valence-electron chi connectivity index (χ3n) is 3.12. The highest BCUT2D eigenvalue weighted by atomic mass is 32.1. The predicted octanol–water partition coefficient (Wildman–Crippen LogP) is 2.99. The summed E-state index contributed by atoms with van der Waals surface area (Å²) in [6, 6.07) is 12.1. The van der Waals surface area contributed by atoms with Gasteiger partial charge in [-0.2, -0.15) is 5.10 Å². The molecule has 0 radical (unpaired) electrons. The van der Waals surface area contributed by atoms with Crippen LogP contribution in [0, 0.1) is 0 Å². The second kappa shape index (κ2) is 6.45. The first kappa shape index (κ1) is 15.0. The zero-order valence-corrected chi connectivity index (χ0v) is 13.1. The summed E-state index contributed by atoms with van der Waals surface area (Å²) < 4.78 is 1.60. The van der Waals surface area contributed by atoms with Gasteiger partial charge in [0.25, 0.3) is 11.8 Å². The number of thiophene rings is 1. The summed E-state index contributed by atoms with van der Waals surface area (Å²) >= 11 is 1.34. The Labute approximate surface area is 136 Å². The van der Waals surface area contributed by atoms with Crippen LogP contribution in [0.4, 0.5) is 11.5 Å². The van der Waals surface area contributed by atoms with Crippen LogP contribution in [0.3, 0.4) is 0 Å². The summed E-state index contributed by atoms with van der Waals surface area (Å²) in [5.74, 6) is -0.110. The molecule has 0 saturated heterocycles. The van der Waals surface area contributed by atoms with Gasteiger partial charge in [-0.3, -0.25) is 14.3 Å². The van der Waals surface area contributed by atoms with Crippen molar-refractivity contribution in [1.29, 1.82) is 0 Å². The molecule has 23 heavy (non-hydrogen) atoms. The highest BCUT2D eigenvalue weighted by Crippen LogP contribution is 2.19. The quantitative estimate of drug-likeness (QED) is 0.774. The van der Waals surface area contributed by atoms with Gasteiger partial charge in [-0.05, 0) is 23.6 Å². The number of aryl methyl sites for hydroxylation is 1. The summed E-state index contributed by atoms with van der Waals surface area (Å²) in [4.78, 5) is 25.2. The van der Waals surface area contributed by atoms with E-state index in [9.17, 15) is 9.59 Å². The zero-order chi connectivity index (χ0) is 16.2. The van der Waals surface area contributed by atoms with Crippen LogP contribution < -0.4 is 10.6 Å². The highest BCUT2D eigenvalue weighted by Gasteiger charge is 2.15. The molecule has 0 atom stereocenters. The lowest BCUT2D eigenvalue weighted by Crippen LogP contribution is -2.18. The average Bonchev–Trinajstić information content (AvgIpc) is 3.19. The summed E-state index contributed by atoms with van der Waals surface area (Å²) in [6.45, 7) is 0. The van der Waals surface area contributed by atoms with E-state index in [1.807, 2.05) is 5.38 Å². The van der Waals surface area contributed by atoms with Crippen LogP contribution in [0.25, 0.3) is 0 Å². The maximum absolute atomic E-state index is 12.4. The standard InChI is InChI=1S/C16H14N4O2S/c1-20-9-8-14(19-20)18-15(21)11-5-2-3-6-12(11)17-16(22)13-7-4-10-23-13/h2-10H,1H3,(H,17,22)(H,18,19,21). The van der Waals surface area contributed by atoms with Crippen molar-refractivity contribution in [3.05, 3.63) is 64.5 Å². The van der Waals surface area contributed by atoms with Crippen molar-refractivity contribution in [2.75, 3.05) is 10.6 Å². The number of carbonyl (C=O) groups is 2. The number of nitrogens with zero attached hydrogens (tertiary/aromatic N) is 2. The Morgan fingerprint density at radius 2 is 1.87 bits per heavy atom. The van der Waals surface area contributed by atoms with Crippen molar-refractivity contribution < 1.29 is 9.59 Å². The molecule has 0 aliphatic carbocycles. The Hall–Kier alpha value is -2.93. The maximum Gasteiger partial charge on any atom is 0.265 e. The molecule has 2 heterocycles. The maximum atomic E-state index is 12.4. The Balaban J connectivity index is 1.80. The first-order valence-electron chi connectivity index (χ1n) is 6.88. The lowest BCUT2D eigenvalue weighted by molar-refractivity contribution is 0.102. The molecule has 2 aromatic heterocycles. The molecular weight excluding hydrogens is 312 g/mol. The molecule has 7 heteroatoms. The van der Waals surface area contributed by atoms with Gasteiger partial charge >= 0.3 is 0 Å². The summed E-state index contributed by atoms with van der Waals surface area (Å²) in [6.07, 6.45) is 1.74. The van der Waals surface area contributed by atoms with Crippen molar-refractivity contribution in [2.24, 2.45) is 7.05 Å². The van der Waals surface area contributed by atoms with Crippen LogP contribution in [0.15, 0.2) is 54.0 Å². The minimum absolute atomic E-state index is 0.238. The minimum Gasteiger partial charge on any atom is -0.321 e. The third kappa shape index (κ3) is 3.46. The van der Waals surface area contributed by atoms with Crippen LogP contribution in [0.1, 0.15) is 20.0 Å². The number of para-hydroxylation sites is 1. The van der Waals surface area contributed by atoms with Gasteiger partial charge < -0.3 is 10.6 Å². The number of rotatable bonds is 4. The van der Waals surface area contributed by atoms with Crippen molar-refractivity contribution in [2.45, 2.75) is 0 Å². The average molecular weight is 326 g/mol. The molecule has 0 saturated carbocycles. The lowest BCUT2D eigenvalue weighted by Gasteiger charge is -2.10. The van der Waals surface area contributed by atoms with Crippen LogP contribution in [-0.4, -0.2) is 21.6 Å². The number of anilines is 2. The van der Waals surface area contributed by atoms with Crippen LogP contribution in [-0.2, 0) is 7.05 Å². The van der Waals surface area contributed by atoms with Crippen molar-refractivity contribution in [1.82, 2.24) is 9.78 Å². The fourth-order valence-corrected chi connectivity index (χ4v) is 2.67. The van der Waals surface area contributed by atoms with Gasteiger partial charge in [0.15, 0.2) is 5.82 Å². The van der Waals surface area contributed by atoms with Crippen molar-refractivity contribution in [3.8, 4) is 0 Å². The molecule has 0 aliphatic rings. The number of aromatic nitrogens is 2. The largest absolute Gasteiger partial charge is 0.321 e. The van der Waals surface area contributed by atoms with E-state index < -0.39 is 0 Å². The number of amides is 2. The first-order valence-corrected chi connectivity index (χ1v) is 7.76. The van der Waals surface area contributed by atoms with E-state index in [-0.39, 0.29) is 11.8 Å². The second-order valence-corrected chi connectivity index (χ2v) is 5.75. The first-order chi connectivity index (χ1) is 11.1. The molecule has 116 valence electrons. The number of hydrogen-bond donors (Lipinski definition) is 2. The van der Waals surface area contributed by atoms with Gasteiger partial charge in [0.05, 0.1) is 16.1 Å². The van der Waals surface area contributed by atoms with Gasteiger partial charge in [-0.15, -0.1) is 11.3 Å². The normalized spacial score (nSPS) is 10.3. The molecule has 3 aromatic rings. The molecule has 0 aliphatic heterocycles. The molecule has 3 rings (SSSR count). The van der Waals surface area contributed by atoms with E-state index in [1.54, 1.807) is 60.4 Å². The van der Waals surface area contributed by atoms with Crippen molar-refractivity contribution in [3.63, 3.8) is 0 Å². The molecule has 0 bridgehead atoms. The van der Waals surface area contributed by atoms with Gasteiger partial charge in [0, 0.05) is 19.3 Å². The van der Waals surface area contributed by atoms with Gasteiger partial charge in [0.1, 0.15) is 0 Å². The Morgan fingerprint density at radius 1 is 1.04 bits per heavy atom. The predicted molar refractivity (Wildman–Crippen MR) is 89.9 cm³/mol. The molecule has 6 nitrogen and oxygen atoms in total. The summed E-state index contributed by atoms with van der Waals surface area (Å²) in [5.41, 5.74) is 0.836. The fraction of sp³-hybridized carbons (Fsp3) is 0.0625. The van der Waals surface area contributed by atoms with E-state index in [2.05, 4.69) is 15.7 Å². The smallest absolute Gasteiger partial charge is 0.265 e. The summed E-state index contributed by atoms with van der Waals surface area (Å²) in [7, 11) is 1.77. The van der Waals surface area contributed by atoms with Gasteiger partial charge in [0.2, 0.25) is 0 Å². The molecule has 2 N–H and O–H groups in total. The Kier molecular flexibility index (Phi) is 4.20. The SMILES string of the molecule is Cn1ccc(NC(=O)c2ccccc2NC(=O)c2cccs2)n1.